The van der Waals surface area contributed by atoms with Gasteiger partial charge in [-0.2, -0.15) is 8.78 Å². The standard InChI is InChI=1S/C24H28F3N5O3/c1-29-9-10-30(11-12-31(29)15-17-5-3-2-4-6-17)21-8-7-18(13-20(21)25)32-16-19(35-24(32)34)14-28-23(33)22(26)27/h2-8,13,19,22H,9-12,14-16H2,1H3,(H,28,33)/t19-/m0/s1. The normalized spacial score (nSPS) is 19.7. The van der Waals surface area contributed by atoms with Crippen LogP contribution in [0.2, 0.25) is 0 Å². The number of hydrogen-bond acceptors (Lipinski definition) is 6. The lowest BCUT2D eigenvalue weighted by Crippen LogP contribution is -2.40. The predicted octanol–water partition coefficient (Wildman–Crippen LogP) is 2.70. The Labute approximate surface area is 201 Å². The largest absolute Gasteiger partial charge is 0.442 e. The molecule has 188 valence electrons. The van der Waals surface area contributed by atoms with Gasteiger partial charge in [-0.05, 0) is 23.8 Å². The van der Waals surface area contributed by atoms with Crippen molar-refractivity contribution in [1.82, 2.24) is 15.3 Å². The maximum absolute atomic E-state index is 15.1. The van der Waals surface area contributed by atoms with E-state index >= 15 is 4.39 Å². The number of hydrogen-bond donors (Lipinski definition) is 1. The molecule has 0 unspecified atom stereocenters. The van der Waals surface area contributed by atoms with E-state index in [1.54, 1.807) is 12.1 Å². The molecule has 2 saturated heterocycles. The van der Waals surface area contributed by atoms with Crippen molar-refractivity contribution in [2.24, 2.45) is 0 Å². The van der Waals surface area contributed by atoms with E-state index in [0.717, 1.165) is 19.6 Å². The van der Waals surface area contributed by atoms with Crippen LogP contribution in [0.3, 0.4) is 0 Å². The molecule has 1 atom stereocenters. The van der Waals surface area contributed by atoms with Crippen LogP contribution in [0.15, 0.2) is 48.5 Å². The number of likely N-dealkylation sites (N-methyl/N-ethyl adjacent to an activating group) is 1. The van der Waals surface area contributed by atoms with Gasteiger partial charge in [0.1, 0.15) is 11.9 Å². The Morgan fingerprint density at radius 2 is 1.86 bits per heavy atom. The number of ether oxygens (including phenoxy) is 1. The molecule has 0 aliphatic carbocycles. The van der Waals surface area contributed by atoms with E-state index in [9.17, 15) is 18.4 Å². The third-order valence-electron chi connectivity index (χ3n) is 6.17. The van der Waals surface area contributed by atoms with Gasteiger partial charge in [-0.15, -0.1) is 0 Å². The van der Waals surface area contributed by atoms with E-state index < -0.39 is 30.3 Å². The number of anilines is 2. The fraction of sp³-hybridized carbons (Fsp3) is 0.417. The van der Waals surface area contributed by atoms with Crippen molar-refractivity contribution in [1.29, 1.82) is 0 Å². The zero-order valence-electron chi connectivity index (χ0n) is 19.4. The maximum atomic E-state index is 15.1. The average molecular weight is 492 g/mol. The topological polar surface area (TPSA) is 68.4 Å². The molecule has 2 fully saturated rings. The number of nitrogens with zero attached hydrogens (tertiary/aromatic N) is 4. The lowest BCUT2D eigenvalue weighted by Gasteiger charge is -2.29. The van der Waals surface area contributed by atoms with Crippen molar-refractivity contribution in [3.63, 3.8) is 0 Å². The molecule has 0 saturated carbocycles. The SMILES string of the molecule is CN1CCN(c2ccc(N3C[C@H](CNC(=O)C(F)F)OC3=O)cc2F)CCN1Cc1ccccc1. The number of nitrogens with one attached hydrogen (secondary N) is 1. The van der Waals surface area contributed by atoms with E-state index in [1.807, 2.05) is 35.5 Å². The van der Waals surface area contributed by atoms with Crippen molar-refractivity contribution in [3.8, 4) is 0 Å². The Morgan fingerprint density at radius 1 is 1.11 bits per heavy atom. The summed E-state index contributed by atoms with van der Waals surface area (Å²) in [6.45, 7) is 3.25. The summed E-state index contributed by atoms with van der Waals surface area (Å²) in [7, 11) is 2.02. The van der Waals surface area contributed by atoms with Gasteiger partial charge in [0.05, 0.1) is 24.5 Å². The number of hydrazine groups is 1. The number of amides is 2. The van der Waals surface area contributed by atoms with E-state index in [1.165, 1.54) is 16.5 Å². The first-order chi connectivity index (χ1) is 16.8. The highest BCUT2D eigenvalue weighted by atomic mass is 19.3. The first kappa shape index (κ1) is 24.8. The van der Waals surface area contributed by atoms with Crippen LogP contribution in [0.5, 0.6) is 0 Å². The highest BCUT2D eigenvalue weighted by Gasteiger charge is 2.33. The number of rotatable bonds is 7. The molecule has 11 heteroatoms. The number of halogens is 3. The lowest BCUT2D eigenvalue weighted by atomic mass is 10.2. The summed E-state index contributed by atoms with van der Waals surface area (Å²) in [6, 6.07) is 14.7. The second kappa shape index (κ2) is 11.0. The van der Waals surface area contributed by atoms with Gasteiger partial charge >= 0.3 is 12.5 Å². The molecule has 2 aromatic rings. The quantitative estimate of drug-likeness (QED) is 0.643. The van der Waals surface area contributed by atoms with Gasteiger partial charge in [-0.3, -0.25) is 9.69 Å². The van der Waals surface area contributed by atoms with E-state index in [2.05, 4.69) is 22.2 Å². The average Bonchev–Trinajstić information content (AvgIpc) is 3.13. The Hall–Kier alpha value is -3.31. The number of carbonyl (C=O) groups is 2. The molecular formula is C24H28F3N5O3. The smallest absolute Gasteiger partial charge is 0.414 e. The molecule has 8 nitrogen and oxygen atoms in total. The summed E-state index contributed by atoms with van der Waals surface area (Å²) in [5.74, 6) is -1.90. The number of alkyl halides is 2. The van der Waals surface area contributed by atoms with Crippen molar-refractivity contribution < 1.29 is 27.5 Å². The molecule has 2 heterocycles. The highest BCUT2D eigenvalue weighted by molar-refractivity contribution is 5.90. The molecule has 4 rings (SSSR count). The summed E-state index contributed by atoms with van der Waals surface area (Å²) < 4.78 is 44.9. The zero-order valence-corrected chi connectivity index (χ0v) is 19.4. The van der Waals surface area contributed by atoms with Crippen LogP contribution in [-0.2, 0) is 16.1 Å². The summed E-state index contributed by atoms with van der Waals surface area (Å²) in [5, 5.41) is 6.40. The van der Waals surface area contributed by atoms with E-state index in [0.29, 0.717) is 24.5 Å². The Kier molecular flexibility index (Phi) is 7.76. The molecule has 0 aromatic heterocycles. The van der Waals surface area contributed by atoms with Crippen LogP contribution in [0.1, 0.15) is 5.56 Å². The first-order valence-electron chi connectivity index (χ1n) is 11.4. The number of carbonyl (C=O) groups excluding carboxylic acids is 2. The van der Waals surface area contributed by atoms with Crippen molar-refractivity contribution in [2.75, 3.05) is 56.1 Å². The minimum Gasteiger partial charge on any atom is -0.442 e. The summed E-state index contributed by atoms with van der Waals surface area (Å²) in [5.41, 5.74) is 1.95. The van der Waals surface area contributed by atoms with Gasteiger partial charge in [0, 0.05) is 39.8 Å². The van der Waals surface area contributed by atoms with Gasteiger partial charge < -0.3 is 15.0 Å². The van der Waals surface area contributed by atoms with Gasteiger partial charge in [0.25, 0.3) is 5.91 Å². The third-order valence-corrected chi connectivity index (χ3v) is 6.17. The highest BCUT2D eigenvalue weighted by Crippen LogP contribution is 2.28. The van der Waals surface area contributed by atoms with Crippen LogP contribution in [-0.4, -0.2) is 80.9 Å². The first-order valence-corrected chi connectivity index (χ1v) is 11.4. The van der Waals surface area contributed by atoms with Crippen LogP contribution in [0, 0.1) is 5.82 Å². The van der Waals surface area contributed by atoms with Crippen LogP contribution >= 0.6 is 0 Å². The Bertz CT molecular complexity index is 1040. The molecule has 1 N–H and O–H groups in total. The summed E-state index contributed by atoms with van der Waals surface area (Å²) >= 11 is 0. The van der Waals surface area contributed by atoms with Crippen molar-refractivity contribution in [2.45, 2.75) is 19.1 Å². The Balaban J connectivity index is 1.38. The molecule has 2 aliphatic rings. The number of cyclic esters (lactones) is 1. The molecule has 2 aliphatic heterocycles. The molecule has 35 heavy (non-hydrogen) atoms. The van der Waals surface area contributed by atoms with Crippen LogP contribution in [0.25, 0.3) is 0 Å². The lowest BCUT2D eigenvalue weighted by molar-refractivity contribution is -0.132. The molecule has 0 radical (unpaired) electrons. The zero-order chi connectivity index (χ0) is 24.9. The third kappa shape index (κ3) is 6.04. The minimum atomic E-state index is -3.14. The monoisotopic (exact) mass is 491 g/mol. The van der Waals surface area contributed by atoms with Crippen LogP contribution in [0.4, 0.5) is 29.3 Å². The molecule has 2 amide bonds. The summed E-state index contributed by atoms with van der Waals surface area (Å²) in [6.07, 6.45) is -4.67. The van der Waals surface area contributed by atoms with Crippen LogP contribution < -0.4 is 15.1 Å². The van der Waals surface area contributed by atoms with E-state index in [4.69, 9.17) is 4.74 Å². The molecular weight excluding hydrogens is 463 g/mol. The van der Waals surface area contributed by atoms with E-state index in [-0.39, 0.29) is 13.1 Å². The molecule has 0 spiro atoms. The van der Waals surface area contributed by atoms with Gasteiger partial charge in [-0.25, -0.2) is 19.2 Å². The van der Waals surface area contributed by atoms with Gasteiger partial charge in [0.2, 0.25) is 0 Å². The maximum Gasteiger partial charge on any atom is 0.414 e. The molecule has 2 aromatic carbocycles. The van der Waals surface area contributed by atoms with Gasteiger partial charge in [-0.1, -0.05) is 30.3 Å². The Morgan fingerprint density at radius 3 is 2.57 bits per heavy atom. The molecule has 0 bridgehead atoms. The van der Waals surface area contributed by atoms with Crippen molar-refractivity contribution in [3.05, 3.63) is 59.9 Å². The fourth-order valence-corrected chi connectivity index (χ4v) is 4.21. The number of benzene rings is 2. The summed E-state index contributed by atoms with van der Waals surface area (Å²) in [4.78, 5) is 26.5. The van der Waals surface area contributed by atoms with Crippen molar-refractivity contribution >= 4 is 23.4 Å². The second-order valence-corrected chi connectivity index (χ2v) is 8.54. The predicted molar refractivity (Wildman–Crippen MR) is 125 cm³/mol. The fourth-order valence-electron chi connectivity index (χ4n) is 4.21. The van der Waals surface area contributed by atoms with Gasteiger partial charge in [0.15, 0.2) is 0 Å². The second-order valence-electron chi connectivity index (χ2n) is 8.54. The minimum absolute atomic E-state index is 0.0179.